The number of likely N-dealkylation sites (tertiary alicyclic amines) is 1. The summed E-state index contributed by atoms with van der Waals surface area (Å²) in [6.07, 6.45) is 3.25. The van der Waals surface area contributed by atoms with Gasteiger partial charge in [-0.3, -0.25) is 4.90 Å². The van der Waals surface area contributed by atoms with Gasteiger partial charge in [0, 0.05) is 18.7 Å². The SMILES string of the molecule is Cc1cc2c(nc1OCCN1CCC1)OC1(CC1)CNS2=O. The van der Waals surface area contributed by atoms with Gasteiger partial charge >= 0.3 is 0 Å². The molecule has 7 heteroatoms. The van der Waals surface area contributed by atoms with E-state index in [1.165, 1.54) is 6.42 Å². The number of hydrogen-bond acceptors (Lipinski definition) is 5. The lowest BCUT2D eigenvalue weighted by atomic mass is 10.2. The fourth-order valence-electron chi connectivity index (χ4n) is 2.72. The van der Waals surface area contributed by atoms with Crippen LogP contribution in [0, 0.1) is 6.92 Å². The minimum Gasteiger partial charge on any atom is -0.476 e. The second-order valence-corrected chi connectivity index (χ2v) is 7.60. The molecule has 1 aromatic rings. The van der Waals surface area contributed by atoms with Gasteiger partial charge in [0.15, 0.2) is 0 Å². The van der Waals surface area contributed by atoms with Gasteiger partial charge in [0.25, 0.3) is 0 Å². The van der Waals surface area contributed by atoms with Crippen molar-refractivity contribution >= 4 is 11.0 Å². The van der Waals surface area contributed by atoms with Crippen molar-refractivity contribution in [3.8, 4) is 11.8 Å². The molecule has 2 aliphatic heterocycles. The summed E-state index contributed by atoms with van der Waals surface area (Å²) in [5, 5.41) is 0. The molecule has 6 nitrogen and oxygen atoms in total. The number of rotatable bonds is 4. The summed E-state index contributed by atoms with van der Waals surface area (Å²) in [5.74, 6) is 1.05. The molecule has 120 valence electrons. The lowest BCUT2D eigenvalue weighted by Crippen LogP contribution is -2.39. The molecule has 0 amide bonds. The number of aryl methyl sites for hydroxylation is 1. The van der Waals surface area contributed by atoms with Gasteiger partial charge in [-0.05, 0) is 45.3 Å². The molecule has 0 bridgehead atoms. The predicted molar refractivity (Wildman–Crippen MR) is 82.5 cm³/mol. The third kappa shape index (κ3) is 2.73. The summed E-state index contributed by atoms with van der Waals surface area (Å²) in [6.45, 7) is 6.42. The zero-order chi connectivity index (χ0) is 15.2. The number of nitrogens with one attached hydrogen (secondary N) is 1. The van der Waals surface area contributed by atoms with Crippen LogP contribution in [0.25, 0.3) is 0 Å². The van der Waals surface area contributed by atoms with E-state index in [1.807, 2.05) is 13.0 Å². The predicted octanol–water partition coefficient (Wildman–Crippen LogP) is 1.01. The van der Waals surface area contributed by atoms with Gasteiger partial charge in [0.05, 0.1) is 0 Å². The zero-order valence-corrected chi connectivity index (χ0v) is 13.6. The third-order valence-electron chi connectivity index (χ3n) is 4.54. The summed E-state index contributed by atoms with van der Waals surface area (Å²) in [4.78, 5) is 7.48. The van der Waals surface area contributed by atoms with Crippen molar-refractivity contribution in [1.29, 1.82) is 0 Å². The minimum absolute atomic E-state index is 0.210. The van der Waals surface area contributed by atoms with Gasteiger partial charge in [-0.2, -0.15) is 4.98 Å². The van der Waals surface area contributed by atoms with Crippen LogP contribution in [0.2, 0.25) is 0 Å². The monoisotopic (exact) mass is 323 g/mol. The topological polar surface area (TPSA) is 63.7 Å². The molecule has 3 aliphatic rings. The van der Waals surface area contributed by atoms with Crippen LogP contribution in [0.15, 0.2) is 11.0 Å². The Hall–Kier alpha value is -1.18. The highest BCUT2D eigenvalue weighted by Gasteiger charge is 2.48. The molecule has 22 heavy (non-hydrogen) atoms. The standard InChI is InChI=1S/C15H21N3O3S/c1-11-9-12-14(21-15(3-4-15)10-16-22(12)19)17-13(11)20-8-7-18-5-2-6-18/h9,16H,2-8,10H2,1H3. The number of ether oxygens (including phenoxy) is 2. The Labute approximate surface area is 132 Å². The van der Waals surface area contributed by atoms with E-state index < -0.39 is 11.0 Å². The van der Waals surface area contributed by atoms with Crippen molar-refractivity contribution in [2.24, 2.45) is 0 Å². The van der Waals surface area contributed by atoms with Crippen molar-refractivity contribution < 1.29 is 13.7 Å². The minimum atomic E-state index is -1.26. The van der Waals surface area contributed by atoms with Gasteiger partial charge in [0.1, 0.15) is 28.1 Å². The van der Waals surface area contributed by atoms with E-state index in [1.54, 1.807) is 0 Å². The average molecular weight is 323 g/mol. The molecule has 0 radical (unpaired) electrons. The molecule has 1 atom stereocenters. The van der Waals surface area contributed by atoms with Crippen LogP contribution in [-0.2, 0) is 11.0 Å². The van der Waals surface area contributed by atoms with Crippen LogP contribution in [0.1, 0.15) is 24.8 Å². The Morgan fingerprint density at radius 3 is 3.00 bits per heavy atom. The van der Waals surface area contributed by atoms with Gasteiger partial charge in [0.2, 0.25) is 11.8 Å². The van der Waals surface area contributed by atoms with Gasteiger partial charge in [-0.1, -0.05) is 0 Å². The van der Waals surface area contributed by atoms with E-state index in [-0.39, 0.29) is 5.60 Å². The van der Waals surface area contributed by atoms with Crippen molar-refractivity contribution in [2.45, 2.75) is 36.7 Å². The van der Waals surface area contributed by atoms with E-state index in [0.717, 1.165) is 38.0 Å². The molecular formula is C15H21N3O3S. The average Bonchev–Trinajstić information content (AvgIpc) is 3.23. The number of nitrogens with zero attached hydrogens (tertiary/aromatic N) is 2. The van der Waals surface area contributed by atoms with Crippen LogP contribution < -0.4 is 14.2 Å². The van der Waals surface area contributed by atoms with E-state index in [2.05, 4.69) is 14.6 Å². The van der Waals surface area contributed by atoms with Gasteiger partial charge in [-0.25, -0.2) is 8.93 Å². The molecule has 1 saturated heterocycles. The summed E-state index contributed by atoms with van der Waals surface area (Å²) < 4.78 is 27.1. The maximum Gasteiger partial charge on any atom is 0.235 e. The van der Waals surface area contributed by atoms with E-state index >= 15 is 0 Å². The van der Waals surface area contributed by atoms with E-state index in [4.69, 9.17) is 9.47 Å². The van der Waals surface area contributed by atoms with Crippen molar-refractivity contribution in [3.63, 3.8) is 0 Å². The first-order valence-electron chi connectivity index (χ1n) is 7.86. The smallest absolute Gasteiger partial charge is 0.235 e. The Morgan fingerprint density at radius 2 is 2.32 bits per heavy atom. The molecule has 1 saturated carbocycles. The Kier molecular flexibility index (Phi) is 3.58. The second kappa shape index (κ2) is 5.47. The first-order chi connectivity index (χ1) is 10.7. The van der Waals surface area contributed by atoms with Crippen LogP contribution in [0.5, 0.6) is 11.8 Å². The highest BCUT2D eigenvalue weighted by molar-refractivity contribution is 7.83. The van der Waals surface area contributed by atoms with E-state index in [0.29, 0.717) is 29.8 Å². The molecule has 0 aromatic carbocycles. The first-order valence-corrected chi connectivity index (χ1v) is 9.01. The molecule has 1 aliphatic carbocycles. The van der Waals surface area contributed by atoms with Crippen LogP contribution in [-0.4, -0.2) is 52.5 Å². The number of fused-ring (bicyclic) bond motifs is 1. The second-order valence-electron chi connectivity index (χ2n) is 6.33. The maximum atomic E-state index is 12.3. The van der Waals surface area contributed by atoms with Crippen molar-refractivity contribution in [2.75, 3.05) is 32.8 Å². The molecule has 3 heterocycles. The Morgan fingerprint density at radius 1 is 1.50 bits per heavy atom. The van der Waals surface area contributed by atoms with Crippen LogP contribution >= 0.6 is 0 Å². The molecule has 1 spiro atoms. The van der Waals surface area contributed by atoms with Crippen molar-refractivity contribution in [1.82, 2.24) is 14.6 Å². The summed E-state index contributed by atoms with van der Waals surface area (Å²) >= 11 is 0. The van der Waals surface area contributed by atoms with Gasteiger partial charge in [-0.15, -0.1) is 0 Å². The lowest BCUT2D eigenvalue weighted by molar-refractivity contribution is 0.141. The quantitative estimate of drug-likeness (QED) is 0.896. The molecular weight excluding hydrogens is 302 g/mol. The van der Waals surface area contributed by atoms with E-state index in [9.17, 15) is 4.21 Å². The molecule has 4 rings (SSSR count). The normalized spacial score (nSPS) is 25.8. The molecule has 1 aromatic heterocycles. The third-order valence-corrected chi connectivity index (χ3v) is 5.64. The Balaban J connectivity index is 1.52. The fourth-order valence-corrected chi connectivity index (χ4v) is 3.80. The Bertz CT molecular complexity index is 614. The van der Waals surface area contributed by atoms with Crippen molar-refractivity contribution in [3.05, 3.63) is 11.6 Å². The lowest BCUT2D eigenvalue weighted by Gasteiger charge is -2.30. The maximum absolute atomic E-state index is 12.3. The number of pyridine rings is 1. The zero-order valence-electron chi connectivity index (χ0n) is 12.8. The number of aromatic nitrogens is 1. The highest BCUT2D eigenvalue weighted by atomic mass is 32.2. The molecule has 2 fully saturated rings. The molecule has 1 N–H and O–H groups in total. The fraction of sp³-hybridized carbons (Fsp3) is 0.667. The van der Waals surface area contributed by atoms with Gasteiger partial charge < -0.3 is 9.47 Å². The van der Waals surface area contributed by atoms with Crippen LogP contribution in [0.3, 0.4) is 0 Å². The van der Waals surface area contributed by atoms with Crippen LogP contribution in [0.4, 0.5) is 0 Å². The summed E-state index contributed by atoms with van der Waals surface area (Å²) in [7, 11) is -1.26. The number of hydrogen-bond donors (Lipinski definition) is 1. The highest BCUT2D eigenvalue weighted by Crippen LogP contribution is 2.43. The largest absolute Gasteiger partial charge is 0.476 e. The molecule has 1 unspecified atom stereocenters. The summed E-state index contributed by atoms with van der Waals surface area (Å²) in [6, 6.07) is 1.87. The first kappa shape index (κ1) is 14.4. The summed E-state index contributed by atoms with van der Waals surface area (Å²) in [5.41, 5.74) is 0.686.